The van der Waals surface area contributed by atoms with Gasteiger partial charge in [0, 0.05) is 0 Å². The molecule has 0 aliphatic rings. The minimum atomic E-state index is -4.56. The topological polar surface area (TPSA) is 85.8 Å². The third-order valence-electron chi connectivity index (χ3n) is 3.36. The van der Waals surface area contributed by atoms with Gasteiger partial charge >= 0.3 is 6.18 Å². The lowest BCUT2D eigenvalue weighted by Crippen LogP contribution is -2.28. The predicted molar refractivity (Wildman–Crippen MR) is 85.6 cm³/mol. The largest absolute Gasteiger partial charge is 0.418 e. The Hall–Kier alpha value is -2.23. The van der Waals surface area contributed by atoms with Crippen LogP contribution in [0.15, 0.2) is 29.4 Å². The zero-order chi connectivity index (χ0) is 17.9. The number of rotatable bonds is 5. The van der Waals surface area contributed by atoms with Crippen molar-refractivity contribution in [3.63, 3.8) is 0 Å². The van der Waals surface area contributed by atoms with Crippen molar-refractivity contribution in [3.8, 4) is 0 Å². The highest BCUT2D eigenvalue weighted by molar-refractivity contribution is 7.98. The molecule has 0 saturated carbocycles. The van der Waals surface area contributed by atoms with Gasteiger partial charge in [-0.3, -0.25) is 9.36 Å². The summed E-state index contributed by atoms with van der Waals surface area (Å²) >= 11 is 1.24. The molecule has 1 unspecified atom stereocenters. The molecule has 24 heavy (non-hydrogen) atoms. The van der Waals surface area contributed by atoms with Crippen LogP contribution in [0.25, 0.3) is 0 Å². The van der Waals surface area contributed by atoms with Gasteiger partial charge in [-0.2, -0.15) is 13.2 Å². The summed E-state index contributed by atoms with van der Waals surface area (Å²) in [5, 5.41) is 10.3. The Bertz CT molecular complexity index is 731. The Balaban J connectivity index is 2.33. The lowest BCUT2D eigenvalue weighted by atomic mass is 10.1. The smallest absolute Gasteiger partial charge is 0.368 e. The predicted octanol–water partition coefficient (Wildman–Crippen LogP) is 3.19. The van der Waals surface area contributed by atoms with Crippen LogP contribution in [0.3, 0.4) is 0 Å². The molecule has 130 valence electrons. The van der Waals surface area contributed by atoms with Gasteiger partial charge in [0.15, 0.2) is 5.16 Å². The molecular formula is C14H16F3N5OS. The monoisotopic (exact) mass is 359 g/mol. The van der Waals surface area contributed by atoms with Crippen molar-refractivity contribution in [1.82, 2.24) is 14.8 Å². The number of thioether (sulfide) groups is 1. The van der Waals surface area contributed by atoms with E-state index < -0.39 is 23.7 Å². The standard InChI is InChI=1S/C14H16F3N5OS/c1-3-10(22-12(18)20-21-13(22)24-2)11(23)19-9-7-5-4-6-8(9)14(15,16)17/h4-7,10H,3H2,1-2H3,(H2,18,20)(H,19,23). The van der Waals surface area contributed by atoms with Crippen LogP contribution in [0.2, 0.25) is 0 Å². The van der Waals surface area contributed by atoms with Crippen LogP contribution in [-0.2, 0) is 11.0 Å². The van der Waals surface area contributed by atoms with E-state index in [-0.39, 0.29) is 11.6 Å². The Morgan fingerprint density at radius 1 is 1.38 bits per heavy atom. The van der Waals surface area contributed by atoms with E-state index in [4.69, 9.17) is 5.73 Å². The summed E-state index contributed by atoms with van der Waals surface area (Å²) in [7, 11) is 0. The summed E-state index contributed by atoms with van der Waals surface area (Å²) in [5.74, 6) is -0.582. The molecular weight excluding hydrogens is 343 g/mol. The van der Waals surface area contributed by atoms with E-state index >= 15 is 0 Å². The number of aromatic nitrogens is 3. The molecule has 1 aromatic heterocycles. The van der Waals surface area contributed by atoms with Gasteiger partial charge in [0.1, 0.15) is 6.04 Å². The van der Waals surface area contributed by atoms with E-state index in [0.29, 0.717) is 11.6 Å². The fraction of sp³-hybridized carbons (Fsp3) is 0.357. The fourth-order valence-corrected chi connectivity index (χ4v) is 2.80. The number of benzene rings is 1. The van der Waals surface area contributed by atoms with Crippen LogP contribution in [0.1, 0.15) is 24.9 Å². The summed E-state index contributed by atoms with van der Waals surface area (Å²) in [6.45, 7) is 1.73. The maximum absolute atomic E-state index is 13.0. The van der Waals surface area contributed by atoms with Crippen molar-refractivity contribution < 1.29 is 18.0 Å². The first-order valence-corrected chi connectivity index (χ1v) is 8.23. The van der Waals surface area contributed by atoms with Gasteiger partial charge in [-0.15, -0.1) is 10.2 Å². The maximum atomic E-state index is 13.0. The molecule has 2 aromatic rings. The summed E-state index contributed by atoms with van der Waals surface area (Å²) < 4.78 is 40.5. The molecule has 1 aromatic carbocycles. The van der Waals surface area contributed by atoms with Crippen LogP contribution in [0, 0.1) is 0 Å². The second-order valence-corrected chi connectivity index (χ2v) is 5.64. The van der Waals surface area contributed by atoms with Crippen LogP contribution in [-0.4, -0.2) is 26.9 Å². The minimum Gasteiger partial charge on any atom is -0.368 e. The molecule has 0 saturated heterocycles. The molecule has 0 fully saturated rings. The van der Waals surface area contributed by atoms with Gasteiger partial charge in [0.2, 0.25) is 11.9 Å². The number of hydrogen-bond acceptors (Lipinski definition) is 5. The van der Waals surface area contributed by atoms with Crippen molar-refractivity contribution in [2.75, 3.05) is 17.3 Å². The number of nitrogens with two attached hydrogens (primary N) is 1. The molecule has 0 bridgehead atoms. The van der Waals surface area contributed by atoms with Gasteiger partial charge in [-0.05, 0) is 24.8 Å². The van der Waals surface area contributed by atoms with E-state index in [1.54, 1.807) is 13.2 Å². The summed E-state index contributed by atoms with van der Waals surface area (Å²) in [6.07, 6.45) is -2.51. The van der Waals surface area contributed by atoms with E-state index in [1.165, 1.54) is 34.5 Å². The van der Waals surface area contributed by atoms with Crippen LogP contribution >= 0.6 is 11.8 Å². The number of para-hydroxylation sites is 1. The Morgan fingerprint density at radius 3 is 2.62 bits per heavy atom. The first-order chi connectivity index (χ1) is 11.3. The number of anilines is 2. The molecule has 0 aliphatic carbocycles. The minimum absolute atomic E-state index is 0.0328. The van der Waals surface area contributed by atoms with Gasteiger partial charge < -0.3 is 11.1 Å². The third kappa shape index (κ3) is 3.64. The number of carbonyl (C=O) groups excluding carboxylic acids is 1. The molecule has 0 aliphatic heterocycles. The molecule has 10 heteroatoms. The van der Waals surface area contributed by atoms with E-state index in [0.717, 1.165) is 6.07 Å². The number of nitrogens with one attached hydrogen (secondary N) is 1. The van der Waals surface area contributed by atoms with Gasteiger partial charge in [-0.1, -0.05) is 30.8 Å². The average Bonchev–Trinajstić information content (AvgIpc) is 2.89. The second kappa shape index (κ2) is 7.12. The number of alkyl halides is 3. The first-order valence-electron chi connectivity index (χ1n) is 7.01. The maximum Gasteiger partial charge on any atom is 0.418 e. The summed E-state index contributed by atoms with van der Waals surface area (Å²) in [5.41, 5.74) is 4.53. The average molecular weight is 359 g/mol. The summed E-state index contributed by atoms with van der Waals surface area (Å²) in [4.78, 5) is 12.5. The number of carbonyl (C=O) groups is 1. The molecule has 0 radical (unpaired) electrons. The molecule has 3 N–H and O–H groups in total. The van der Waals surface area contributed by atoms with Crippen molar-refractivity contribution in [3.05, 3.63) is 29.8 Å². The number of amides is 1. The highest BCUT2D eigenvalue weighted by atomic mass is 32.2. The fourth-order valence-electron chi connectivity index (χ4n) is 2.26. The molecule has 1 atom stereocenters. The van der Waals surface area contributed by atoms with Gasteiger partial charge in [0.25, 0.3) is 0 Å². The molecule has 0 spiro atoms. The molecule has 2 rings (SSSR count). The molecule has 6 nitrogen and oxygen atoms in total. The lowest BCUT2D eigenvalue weighted by Gasteiger charge is -2.20. The molecule has 1 heterocycles. The van der Waals surface area contributed by atoms with Gasteiger partial charge in [0.05, 0.1) is 11.3 Å². The van der Waals surface area contributed by atoms with Crippen molar-refractivity contribution in [2.45, 2.75) is 30.7 Å². The Labute approximate surface area is 140 Å². The lowest BCUT2D eigenvalue weighted by molar-refractivity contribution is -0.137. The number of nitrogen functional groups attached to an aromatic ring is 1. The van der Waals surface area contributed by atoms with Crippen molar-refractivity contribution >= 4 is 29.3 Å². The Morgan fingerprint density at radius 2 is 2.04 bits per heavy atom. The van der Waals surface area contributed by atoms with E-state index in [1.807, 2.05) is 0 Å². The number of halogens is 3. The van der Waals surface area contributed by atoms with Crippen LogP contribution in [0.5, 0.6) is 0 Å². The number of hydrogen-bond donors (Lipinski definition) is 2. The normalized spacial score (nSPS) is 12.9. The Kier molecular flexibility index (Phi) is 5.37. The zero-order valence-corrected chi connectivity index (χ0v) is 13.8. The highest BCUT2D eigenvalue weighted by Crippen LogP contribution is 2.35. The first kappa shape index (κ1) is 18.1. The highest BCUT2D eigenvalue weighted by Gasteiger charge is 2.34. The zero-order valence-electron chi connectivity index (χ0n) is 13.0. The number of nitrogens with zero attached hydrogens (tertiary/aromatic N) is 3. The van der Waals surface area contributed by atoms with E-state index in [9.17, 15) is 18.0 Å². The van der Waals surface area contributed by atoms with Crippen molar-refractivity contribution in [1.29, 1.82) is 0 Å². The van der Waals surface area contributed by atoms with Crippen LogP contribution in [0.4, 0.5) is 24.8 Å². The van der Waals surface area contributed by atoms with Crippen LogP contribution < -0.4 is 11.1 Å². The van der Waals surface area contributed by atoms with Crippen molar-refractivity contribution in [2.24, 2.45) is 0 Å². The second-order valence-electron chi connectivity index (χ2n) is 4.87. The summed E-state index contributed by atoms with van der Waals surface area (Å²) in [6, 6.07) is 3.99. The molecule has 1 amide bonds. The SMILES string of the molecule is CCC(C(=O)Nc1ccccc1C(F)(F)F)n1c(N)nnc1SC. The van der Waals surface area contributed by atoms with E-state index in [2.05, 4.69) is 15.5 Å². The third-order valence-corrected chi connectivity index (χ3v) is 4.01. The quantitative estimate of drug-likeness (QED) is 0.801. The van der Waals surface area contributed by atoms with Gasteiger partial charge in [-0.25, -0.2) is 0 Å².